The lowest BCUT2D eigenvalue weighted by Gasteiger charge is -2.14. The summed E-state index contributed by atoms with van der Waals surface area (Å²) in [7, 11) is 0. The molecule has 118 valence electrons. The van der Waals surface area contributed by atoms with E-state index in [-0.39, 0.29) is 6.04 Å². The van der Waals surface area contributed by atoms with E-state index in [1.54, 1.807) is 12.5 Å². The van der Waals surface area contributed by atoms with Crippen molar-refractivity contribution in [3.05, 3.63) is 90.3 Å². The number of hydrogen-bond acceptors (Lipinski definition) is 4. The zero-order valence-electron chi connectivity index (χ0n) is 13.2. The normalized spacial score (nSPS) is 12.2. The molecule has 2 aromatic carbocycles. The Kier molecular flexibility index (Phi) is 3.67. The quantitative estimate of drug-likeness (QED) is 0.573. The number of aryl methyl sites for hydroxylation is 1. The molecular weight excluding hydrogens is 300 g/mol. The number of benzene rings is 2. The second-order valence-corrected chi connectivity index (χ2v) is 5.63. The summed E-state index contributed by atoms with van der Waals surface area (Å²) in [6.07, 6.45) is 5.40. The Morgan fingerprint density at radius 3 is 2.46 bits per heavy atom. The lowest BCUT2D eigenvalue weighted by atomic mass is 10.1. The molecule has 4 rings (SSSR count). The zero-order chi connectivity index (χ0) is 16.4. The highest BCUT2D eigenvalue weighted by molar-refractivity contribution is 5.53. The fourth-order valence-corrected chi connectivity index (χ4v) is 2.66. The van der Waals surface area contributed by atoms with Crippen molar-refractivity contribution in [1.29, 1.82) is 0 Å². The van der Waals surface area contributed by atoms with E-state index in [2.05, 4.69) is 15.2 Å². The van der Waals surface area contributed by atoms with Gasteiger partial charge in [0.1, 0.15) is 6.04 Å². The van der Waals surface area contributed by atoms with E-state index in [9.17, 15) is 0 Å². The van der Waals surface area contributed by atoms with Gasteiger partial charge in [-0.3, -0.25) is 0 Å². The van der Waals surface area contributed by atoms with Gasteiger partial charge in [0.25, 0.3) is 0 Å². The van der Waals surface area contributed by atoms with Gasteiger partial charge in [0, 0.05) is 18.0 Å². The van der Waals surface area contributed by atoms with E-state index in [0.717, 1.165) is 11.1 Å². The first-order chi connectivity index (χ1) is 11.8. The van der Waals surface area contributed by atoms with Crippen molar-refractivity contribution in [3.63, 3.8) is 0 Å². The average Bonchev–Trinajstić information content (AvgIpc) is 3.30. The van der Waals surface area contributed by atoms with E-state index in [4.69, 9.17) is 4.42 Å². The molecule has 5 heteroatoms. The molecule has 0 saturated heterocycles. The third kappa shape index (κ3) is 2.72. The molecule has 0 aliphatic carbocycles. The van der Waals surface area contributed by atoms with Crippen LogP contribution < -0.4 is 0 Å². The number of imidazole rings is 1. The van der Waals surface area contributed by atoms with Crippen LogP contribution in [0.25, 0.3) is 11.5 Å². The minimum Gasteiger partial charge on any atom is -0.418 e. The van der Waals surface area contributed by atoms with Crippen molar-refractivity contribution in [2.45, 2.75) is 13.0 Å². The summed E-state index contributed by atoms with van der Waals surface area (Å²) in [6.45, 7) is 2.05. The van der Waals surface area contributed by atoms with Gasteiger partial charge in [0.05, 0.1) is 6.33 Å². The first-order valence-corrected chi connectivity index (χ1v) is 7.74. The molecule has 0 aliphatic rings. The fourth-order valence-electron chi connectivity index (χ4n) is 2.66. The maximum Gasteiger partial charge on any atom is 0.247 e. The van der Waals surface area contributed by atoms with Crippen molar-refractivity contribution in [1.82, 2.24) is 19.7 Å². The molecule has 0 N–H and O–H groups in total. The van der Waals surface area contributed by atoms with Crippen LogP contribution in [0.1, 0.15) is 23.1 Å². The van der Waals surface area contributed by atoms with Gasteiger partial charge < -0.3 is 8.98 Å². The number of nitrogens with zero attached hydrogens (tertiary/aromatic N) is 4. The highest BCUT2D eigenvalue weighted by Crippen LogP contribution is 2.28. The summed E-state index contributed by atoms with van der Waals surface area (Å²) >= 11 is 0. The molecule has 0 radical (unpaired) electrons. The minimum absolute atomic E-state index is 0.194. The first-order valence-electron chi connectivity index (χ1n) is 7.74. The van der Waals surface area contributed by atoms with Crippen LogP contribution in [0.2, 0.25) is 0 Å². The summed E-state index contributed by atoms with van der Waals surface area (Å²) in [4.78, 5) is 4.14. The molecule has 0 saturated carbocycles. The summed E-state index contributed by atoms with van der Waals surface area (Å²) in [5.74, 6) is 1.06. The van der Waals surface area contributed by atoms with E-state index in [1.165, 1.54) is 5.56 Å². The van der Waals surface area contributed by atoms with Gasteiger partial charge in [0.2, 0.25) is 11.8 Å². The van der Waals surface area contributed by atoms with Crippen LogP contribution >= 0.6 is 0 Å². The van der Waals surface area contributed by atoms with E-state index in [1.807, 2.05) is 72.3 Å². The maximum absolute atomic E-state index is 5.98. The molecular formula is C19H16N4O. The largest absolute Gasteiger partial charge is 0.418 e. The highest BCUT2D eigenvalue weighted by Gasteiger charge is 2.22. The summed E-state index contributed by atoms with van der Waals surface area (Å²) in [6, 6.07) is 17.9. The molecule has 0 aliphatic heterocycles. The Hall–Kier alpha value is -3.21. The molecule has 0 fully saturated rings. The monoisotopic (exact) mass is 316 g/mol. The van der Waals surface area contributed by atoms with Crippen molar-refractivity contribution in [2.75, 3.05) is 0 Å². The molecule has 0 spiro atoms. The van der Waals surface area contributed by atoms with Gasteiger partial charge in [0.15, 0.2) is 0 Å². The van der Waals surface area contributed by atoms with Crippen molar-refractivity contribution < 1.29 is 4.42 Å². The summed E-state index contributed by atoms with van der Waals surface area (Å²) in [5.41, 5.74) is 3.17. The van der Waals surface area contributed by atoms with Gasteiger partial charge >= 0.3 is 0 Å². The highest BCUT2D eigenvalue weighted by atomic mass is 16.4. The number of hydrogen-bond donors (Lipinski definition) is 0. The van der Waals surface area contributed by atoms with Crippen LogP contribution in [-0.2, 0) is 0 Å². The van der Waals surface area contributed by atoms with Crippen LogP contribution in [0.4, 0.5) is 0 Å². The third-order valence-corrected chi connectivity index (χ3v) is 3.91. The minimum atomic E-state index is -0.194. The Morgan fingerprint density at radius 2 is 1.75 bits per heavy atom. The van der Waals surface area contributed by atoms with Gasteiger partial charge in [-0.2, -0.15) is 0 Å². The molecule has 1 atom stereocenters. The Morgan fingerprint density at radius 1 is 0.958 bits per heavy atom. The van der Waals surface area contributed by atoms with Gasteiger partial charge in [-0.1, -0.05) is 48.0 Å². The average molecular weight is 316 g/mol. The SMILES string of the molecule is Cc1ccc(-c2nnc([C@@H](c3ccccc3)n3ccnc3)o2)cc1. The molecule has 5 nitrogen and oxygen atoms in total. The fraction of sp³-hybridized carbons (Fsp3) is 0.105. The van der Waals surface area contributed by atoms with Crippen molar-refractivity contribution >= 4 is 0 Å². The smallest absolute Gasteiger partial charge is 0.247 e. The van der Waals surface area contributed by atoms with Gasteiger partial charge in [-0.25, -0.2) is 4.98 Å². The van der Waals surface area contributed by atoms with E-state index < -0.39 is 0 Å². The van der Waals surface area contributed by atoms with Crippen LogP contribution in [-0.4, -0.2) is 19.7 Å². The summed E-state index contributed by atoms with van der Waals surface area (Å²) in [5, 5.41) is 8.50. The Balaban J connectivity index is 1.76. The Bertz CT molecular complexity index is 912. The zero-order valence-corrected chi connectivity index (χ0v) is 13.2. The van der Waals surface area contributed by atoms with Crippen LogP contribution in [0.5, 0.6) is 0 Å². The van der Waals surface area contributed by atoms with Gasteiger partial charge in [-0.15, -0.1) is 10.2 Å². The molecule has 4 aromatic rings. The molecule has 0 amide bonds. The number of aromatic nitrogens is 4. The molecule has 2 aromatic heterocycles. The first kappa shape index (κ1) is 14.4. The molecule has 0 unspecified atom stereocenters. The van der Waals surface area contributed by atoms with Crippen LogP contribution in [0, 0.1) is 6.92 Å². The van der Waals surface area contributed by atoms with E-state index in [0.29, 0.717) is 11.8 Å². The second kappa shape index (κ2) is 6.12. The predicted molar refractivity (Wildman–Crippen MR) is 90.4 cm³/mol. The lowest BCUT2D eigenvalue weighted by molar-refractivity contribution is 0.453. The standard InChI is InChI=1S/C19H16N4O/c1-14-7-9-16(10-8-14)18-21-22-19(24-18)17(23-12-11-20-13-23)15-5-3-2-4-6-15/h2-13,17H,1H3/t17-/m1/s1. The molecule has 2 heterocycles. The van der Waals surface area contributed by atoms with Crippen LogP contribution in [0.15, 0.2) is 77.7 Å². The number of rotatable bonds is 4. The topological polar surface area (TPSA) is 56.7 Å². The van der Waals surface area contributed by atoms with Crippen LogP contribution in [0.3, 0.4) is 0 Å². The Labute approximate surface area is 139 Å². The third-order valence-electron chi connectivity index (χ3n) is 3.91. The van der Waals surface area contributed by atoms with E-state index >= 15 is 0 Å². The second-order valence-electron chi connectivity index (χ2n) is 5.63. The maximum atomic E-state index is 5.98. The van der Waals surface area contributed by atoms with Gasteiger partial charge in [-0.05, 0) is 24.6 Å². The van der Waals surface area contributed by atoms with Crippen molar-refractivity contribution in [2.24, 2.45) is 0 Å². The molecule has 24 heavy (non-hydrogen) atoms. The molecule has 0 bridgehead atoms. The predicted octanol–water partition coefficient (Wildman–Crippen LogP) is 3.88. The van der Waals surface area contributed by atoms with Crippen molar-refractivity contribution in [3.8, 4) is 11.5 Å². The summed E-state index contributed by atoms with van der Waals surface area (Å²) < 4.78 is 7.94. The lowest BCUT2D eigenvalue weighted by Crippen LogP contribution is -2.10.